The Labute approximate surface area is 640 Å². The van der Waals surface area contributed by atoms with Crippen LogP contribution in [0.4, 0.5) is 11.4 Å². The highest BCUT2D eigenvalue weighted by Gasteiger charge is 2.36. The number of nitroso groups, excluding NO2 is 2. The van der Waals surface area contributed by atoms with Crippen molar-refractivity contribution in [1.29, 1.82) is 0 Å². The monoisotopic (exact) mass is 1640 g/mol. The number of ether oxygens (including phenoxy) is 2. The van der Waals surface area contributed by atoms with E-state index in [-0.39, 0.29) is 79.4 Å². The Morgan fingerprint density at radius 3 is 1.53 bits per heavy atom. The molecule has 48 nitrogen and oxygen atoms in total. The lowest BCUT2D eigenvalue weighted by molar-refractivity contribution is -0.778. The van der Waals surface area contributed by atoms with Crippen LogP contribution in [0.25, 0.3) is 0 Å². The lowest BCUT2D eigenvalue weighted by atomic mass is 9.85. The van der Waals surface area contributed by atoms with Gasteiger partial charge in [0, 0.05) is 97.8 Å². The maximum absolute atomic E-state index is 12.5. The van der Waals surface area contributed by atoms with E-state index in [1.807, 2.05) is 38.1 Å². The van der Waals surface area contributed by atoms with E-state index in [0.29, 0.717) is 72.8 Å². The molecule has 8 N–H and O–H groups in total. The predicted molar refractivity (Wildman–Crippen MR) is 388 cm³/mol. The van der Waals surface area contributed by atoms with E-state index in [0.717, 1.165) is 93.9 Å². The second kappa shape index (κ2) is 54.7. The molecule has 1 amide bonds. The average molecular weight is 1640 g/mol. The van der Waals surface area contributed by atoms with Crippen molar-refractivity contribution in [2.24, 2.45) is 31.8 Å². The molecule has 109 heavy (non-hydrogen) atoms. The van der Waals surface area contributed by atoms with E-state index < -0.39 is 71.6 Å². The van der Waals surface area contributed by atoms with Crippen LogP contribution in [0.5, 0.6) is 0 Å². The average Bonchev–Trinajstić information content (AvgIpc) is 0.836. The number of hydrogen-bond donors (Lipinski definition) is 5. The number of rotatable bonds is 46. The number of nitrogens with two attached hydrogens (primary N) is 3. The molecule has 0 aliphatic carbocycles. The molecule has 2 fully saturated rings. The van der Waals surface area contributed by atoms with Crippen LogP contribution in [0.15, 0.2) is 76.2 Å². The molecule has 0 radical (unpaired) electrons. The predicted octanol–water partition coefficient (Wildman–Crippen LogP) is 6.76. The van der Waals surface area contributed by atoms with Gasteiger partial charge in [-0.1, -0.05) is 61.3 Å². The van der Waals surface area contributed by atoms with Gasteiger partial charge in [-0.05, 0) is 134 Å². The van der Waals surface area contributed by atoms with Gasteiger partial charge in [0.15, 0.2) is 0 Å². The molecular weight excluding hydrogens is 1550 g/mol. The highest BCUT2D eigenvalue weighted by atomic mass is 35.5. The second-order valence-electron chi connectivity index (χ2n) is 24.6. The Morgan fingerprint density at radius 2 is 1.09 bits per heavy atom. The maximum atomic E-state index is 12.5. The molecule has 614 valence electrons. The van der Waals surface area contributed by atoms with Gasteiger partial charge in [0.2, 0.25) is 0 Å². The molecular formula is C57H90Cl2N18O30S2. The smallest absolute Gasteiger partial charge is 0.310 e. The van der Waals surface area contributed by atoms with Gasteiger partial charge in [-0.2, -0.15) is 0 Å². The number of halogens is 2. The van der Waals surface area contributed by atoms with Crippen molar-refractivity contribution in [1.82, 2.24) is 20.1 Å². The molecule has 2 aliphatic rings. The Morgan fingerprint density at radius 1 is 0.624 bits per heavy atom. The molecule has 0 saturated carbocycles. The molecule has 3 heterocycles. The molecule has 0 unspecified atom stereocenters. The first kappa shape index (κ1) is 99.2. The van der Waals surface area contributed by atoms with Crippen LogP contribution >= 0.6 is 47.1 Å². The molecule has 52 heteroatoms. The van der Waals surface area contributed by atoms with Crippen LogP contribution in [-0.2, 0) is 59.4 Å². The van der Waals surface area contributed by atoms with Gasteiger partial charge in [0.25, 0.3) is 46.6 Å². The van der Waals surface area contributed by atoms with Crippen molar-refractivity contribution in [3.8, 4) is 0 Å². The number of carbonyl (C=O) groups excluding carboxylic acids is 2. The summed E-state index contributed by atoms with van der Waals surface area (Å²) in [5, 5.41) is 78.0. The summed E-state index contributed by atoms with van der Waals surface area (Å²) >= 11 is 14.7. The Kier molecular flexibility index (Phi) is 49.8. The molecule has 1 aromatic heterocycles. The van der Waals surface area contributed by atoms with Gasteiger partial charge in [0.1, 0.15) is 33.0 Å². The first-order valence-corrected chi connectivity index (χ1v) is 34.6. The van der Waals surface area contributed by atoms with E-state index in [9.17, 15) is 100 Å². The number of anilines is 2. The summed E-state index contributed by atoms with van der Waals surface area (Å²) in [4.78, 5) is 165. The SMILES string of the molecule is CC(C)(CN)CO[N+](=O)[O-].CC(C)(CN1CCOCC1)SN=O.CN1CCC(CCOC(=O)Cc2ccccc2Nc2c(Cl)cccc2Cl)(SN=O)CC1.NC(CCCO[N+](=O)[O-])(CCCO[N+](=O)[O-])CCCO[N+](=O)[O-].NC(CO[N+](=O)[O-])(CO[N+](=O)[O-])CO[N+](=O)[O-].O=C(NCCO[N+](=O)[O-])c1cccnc1. The van der Waals surface area contributed by atoms with Crippen LogP contribution in [0, 0.1) is 96.1 Å². The van der Waals surface area contributed by atoms with E-state index in [1.54, 1.807) is 50.4 Å². The molecule has 0 atom stereocenters. The number of nitrogens with zero attached hydrogens (tertiary/aromatic N) is 13. The third kappa shape index (κ3) is 51.2. The number of benzene rings is 2. The molecule has 2 aromatic carbocycles. The van der Waals surface area contributed by atoms with Crippen molar-refractivity contribution in [3.05, 3.63) is 179 Å². The van der Waals surface area contributed by atoms with Gasteiger partial charge < -0.3 is 80.9 Å². The fourth-order valence-corrected chi connectivity index (χ4v) is 10.6. The zero-order valence-electron chi connectivity index (χ0n) is 60.0. The van der Waals surface area contributed by atoms with Crippen LogP contribution in [-0.4, -0.2) is 213 Å². The van der Waals surface area contributed by atoms with Gasteiger partial charge in [-0.25, -0.2) is 0 Å². The molecule has 0 spiro atoms. The molecule has 2 aliphatic heterocycles. The van der Waals surface area contributed by atoms with Crippen molar-refractivity contribution < 1.29 is 98.5 Å². The number of aromatic nitrogens is 1. The minimum absolute atomic E-state index is 0.0521. The summed E-state index contributed by atoms with van der Waals surface area (Å²) in [6.07, 6.45) is 7.38. The van der Waals surface area contributed by atoms with Crippen LogP contribution in [0.1, 0.15) is 101 Å². The van der Waals surface area contributed by atoms with Gasteiger partial charge in [-0.15, -0.1) is 90.7 Å². The number of morpholine rings is 1. The minimum Gasteiger partial charge on any atom is -0.465 e. The van der Waals surface area contributed by atoms with Crippen molar-refractivity contribution in [2.45, 2.75) is 112 Å². The van der Waals surface area contributed by atoms with Gasteiger partial charge in [-0.3, -0.25) is 19.5 Å². The van der Waals surface area contributed by atoms with Crippen molar-refractivity contribution in [3.63, 3.8) is 0 Å². The molecule has 3 aromatic rings. The topological polar surface area (TPSA) is 652 Å². The van der Waals surface area contributed by atoms with Gasteiger partial charge >= 0.3 is 5.97 Å². The number of piperidine rings is 1. The summed E-state index contributed by atoms with van der Waals surface area (Å²) in [6, 6.07) is 15.9. The van der Waals surface area contributed by atoms with Crippen LogP contribution in [0.3, 0.4) is 0 Å². The standard InChI is InChI=1S/C22H25Cl2N3O3S.C10H20N4O9.C8H9N3O4.C8H16N2O2S.C5H12N2O3.C4H8N4O9/c1-27-12-9-22(10-13-27,31-26-29)11-14-30-20(28)15-16-5-2-3-8-19(16)25-21-17(23)6-4-7-18(21)24;11-10(4-1-7-21-12(15)16,5-2-8-22-13(17)18)6-3-9-23-14(19)20;12-8(7-2-1-3-9-6-7)10-4-5-15-11(13)14;1-8(2,13-9-11)7-10-3-5-12-6-4-10;1-5(2,3-6)4-10-7(8)9;5-4(1-15-6(9)10,2-16-7(11)12)3-17-8(13)14/h2-8,25H,9-15H2,1H3;1-9,11H2;1-3,6H,4-5H2,(H,10,12);3-7H2,1-2H3;3-4,6H2,1-2H3;1-3,5H2. The lowest BCUT2D eigenvalue weighted by Crippen LogP contribution is -2.54. The number of pyridine rings is 1. The quantitative estimate of drug-likeness (QED) is 0.00973. The first-order valence-electron chi connectivity index (χ1n) is 32.3. The molecule has 2 saturated heterocycles. The highest BCUT2D eigenvalue weighted by Crippen LogP contribution is 2.40. The number of likely N-dealkylation sites (tertiary alicyclic amines) is 1. The summed E-state index contributed by atoms with van der Waals surface area (Å²) in [6.45, 7) is 11.6. The fraction of sp³-hybridized carbons (Fsp3) is 0.667. The van der Waals surface area contributed by atoms with Crippen LogP contribution < -0.4 is 27.8 Å². The van der Waals surface area contributed by atoms with Crippen molar-refractivity contribution in [2.75, 3.05) is 131 Å². The van der Waals surface area contributed by atoms with E-state index in [4.69, 9.17) is 49.9 Å². The summed E-state index contributed by atoms with van der Waals surface area (Å²) in [5.41, 5.74) is 16.3. The number of carbonyl (C=O) groups is 2. The molecule has 0 bridgehead atoms. The Bertz CT molecular complexity index is 3150. The second-order valence-corrected chi connectivity index (χ2v) is 28.1. The van der Waals surface area contributed by atoms with Crippen molar-refractivity contribution >= 4 is 70.3 Å². The summed E-state index contributed by atoms with van der Waals surface area (Å²) < 4.78 is 16.4. The summed E-state index contributed by atoms with van der Waals surface area (Å²) in [5.74, 6) is -0.665. The number of amides is 1. The summed E-state index contributed by atoms with van der Waals surface area (Å²) in [7, 11) is 2.06. The third-order valence-corrected chi connectivity index (χ3v) is 17.0. The fourth-order valence-electron chi connectivity index (χ4n) is 8.93. The zero-order valence-corrected chi connectivity index (χ0v) is 63.2. The Hall–Kier alpha value is -9.83. The normalized spacial score (nSPS) is 13.2. The largest absolute Gasteiger partial charge is 0.465 e. The van der Waals surface area contributed by atoms with Gasteiger partial charge in [0.05, 0.1) is 72.9 Å². The molecule has 5 rings (SSSR count). The Balaban J connectivity index is 0.00000134. The number of esters is 1. The lowest BCUT2D eigenvalue weighted by Gasteiger charge is -2.37. The zero-order chi connectivity index (χ0) is 82.5. The van der Waals surface area contributed by atoms with Crippen LogP contribution in [0.2, 0.25) is 10.0 Å². The van der Waals surface area contributed by atoms with E-state index >= 15 is 0 Å². The minimum atomic E-state index is -1.90. The highest BCUT2D eigenvalue weighted by molar-refractivity contribution is 7.99. The third-order valence-electron chi connectivity index (χ3n) is 14.6. The number of hydrogen-bond acceptors (Lipinski definition) is 41. The van der Waals surface area contributed by atoms with E-state index in [1.165, 1.54) is 6.20 Å². The maximum Gasteiger partial charge on any atom is 0.310 e. The van der Waals surface area contributed by atoms with E-state index in [2.05, 4.69) is 80.3 Å². The first-order chi connectivity index (χ1) is 51.2. The number of nitrogens with one attached hydrogen (secondary N) is 2. The number of para-hydroxylation sites is 2.